The van der Waals surface area contributed by atoms with E-state index >= 15 is 0 Å². The Morgan fingerprint density at radius 2 is 1.68 bits per heavy atom. The van der Waals surface area contributed by atoms with Crippen molar-refractivity contribution in [3.63, 3.8) is 0 Å². The molecule has 1 saturated heterocycles. The highest BCUT2D eigenvalue weighted by atomic mass is 127. The second kappa shape index (κ2) is 12.9. The van der Waals surface area contributed by atoms with E-state index in [1.165, 1.54) is 0 Å². The molecule has 0 spiro atoms. The number of halogens is 2. The number of hydrogen-bond acceptors (Lipinski definition) is 4. The number of hydrogen-bond donors (Lipinski definition) is 0. The van der Waals surface area contributed by atoms with Crippen LogP contribution in [0.4, 0.5) is 0 Å². The second-order valence-electron chi connectivity index (χ2n) is 9.09. The fourth-order valence-corrected chi connectivity index (χ4v) is 5.34. The van der Waals surface area contributed by atoms with E-state index in [4.69, 9.17) is 21.1 Å². The highest BCUT2D eigenvalue weighted by Gasteiger charge is 2.48. The highest BCUT2D eigenvalue weighted by molar-refractivity contribution is 14.1. The Hall–Kier alpha value is -2.42. The molecule has 4 atom stereocenters. The van der Waals surface area contributed by atoms with Crippen LogP contribution in [0.15, 0.2) is 78.9 Å². The Kier molecular flexibility index (Phi) is 9.62. The molecule has 0 saturated carbocycles. The molecule has 3 aromatic carbocycles. The lowest BCUT2D eigenvalue weighted by molar-refractivity contribution is -0.186. The predicted octanol–water partition coefficient (Wildman–Crippen LogP) is 6.93. The van der Waals surface area contributed by atoms with Crippen molar-refractivity contribution >= 4 is 46.1 Å². The quantitative estimate of drug-likeness (QED) is 0.190. The summed E-state index contributed by atoms with van der Waals surface area (Å²) in [6.45, 7) is 4.04. The maximum Gasteiger partial charge on any atom is 0.328 e. The number of morpholine rings is 1. The van der Waals surface area contributed by atoms with Crippen molar-refractivity contribution in [2.45, 2.75) is 57.4 Å². The zero-order valence-corrected chi connectivity index (χ0v) is 23.9. The number of amides is 1. The van der Waals surface area contributed by atoms with E-state index in [1.807, 2.05) is 73.7 Å². The summed E-state index contributed by atoms with van der Waals surface area (Å²) in [6.07, 6.45) is 0.390. The van der Waals surface area contributed by atoms with E-state index in [2.05, 4.69) is 22.6 Å². The Morgan fingerprint density at radius 3 is 2.30 bits per heavy atom. The number of carbonyl (C=O) groups is 2. The zero-order valence-electron chi connectivity index (χ0n) is 21.0. The maximum absolute atomic E-state index is 14.2. The molecule has 0 radical (unpaired) electrons. The van der Waals surface area contributed by atoms with Gasteiger partial charge in [-0.3, -0.25) is 4.79 Å². The van der Waals surface area contributed by atoms with Gasteiger partial charge in [-0.25, -0.2) is 4.79 Å². The maximum atomic E-state index is 14.2. The fourth-order valence-electron chi connectivity index (χ4n) is 4.86. The van der Waals surface area contributed by atoms with Crippen LogP contribution in [-0.2, 0) is 25.5 Å². The van der Waals surface area contributed by atoms with E-state index in [1.54, 1.807) is 24.0 Å². The first-order valence-electron chi connectivity index (χ1n) is 12.6. The lowest BCUT2D eigenvalue weighted by Crippen LogP contribution is -2.57. The number of benzene rings is 3. The van der Waals surface area contributed by atoms with Gasteiger partial charge in [0.2, 0.25) is 0 Å². The molecule has 194 valence electrons. The molecule has 5 nitrogen and oxygen atoms in total. The van der Waals surface area contributed by atoms with Crippen molar-refractivity contribution in [3.05, 3.63) is 104 Å². The number of ether oxygens (including phenoxy) is 2. The van der Waals surface area contributed by atoms with Crippen LogP contribution < -0.4 is 0 Å². The standard InChI is InChI=1S/C30H31ClINO4/c1-3-8-25(30(35)36-4-2)33-27(21-13-15-23(31)16-14-21)28(22-9-6-5-7-10-22)37-26(29(33)34)19-20-11-17-24(32)18-12-20/h5-7,9-18,25-28H,3-4,8,19H2,1-2H3/t25-,26+,27-,28+/m1/s1. The number of carbonyl (C=O) groups excluding carboxylic acids is 2. The third-order valence-electron chi connectivity index (χ3n) is 6.56. The van der Waals surface area contributed by atoms with Crippen molar-refractivity contribution in [2.24, 2.45) is 0 Å². The SMILES string of the molecule is CCC[C@H](C(=O)OCC)N1C(=O)[C@H](Cc2ccc(I)cc2)O[C@@H](c2ccccc2)[C@H]1c1ccc(Cl)cc1. The van der Waals surface area contributed by atoms with Crippen molar-refractivity contribution < 1.29 is 19.1 Å². The Morgan fingerprint density at radius 1 is 1.00 bits per heavy atom. The minimum absolute atomic E-state index is 0.211. The summed E-state index contributed by atoms with van der Waals surface area (Å²) in [5.41, 5.74) is 2.79. The van der Waals surface area contributed by atoms with E-state index in [0.29, 0.717) is 17.9 Å². The van der Waals surface area contributed by atoms with Gasteiger partial charge >= 0.3 is 5.97 Å². The average molecular weight is 632 g/mol. The van der Waals surface area contributed by atoms with E-state index in [0.717, 1.165) is 26.7 Å². The zero-order chi connectivity index (χ0) is 26.4. The lowest BCUT2D eigenvalue weighted by Gasteiger charge is -2.47. The van der Waals surface area contributed by atoms with E-state index in [-0.39, 0.29) is 12.5 Å². The van der Waals surface area contributed by atoms with Crippen molar-refractivity contribution in [2.75, 3.05) is 6.61 Å². The molecule has 0 aromatic heterocycles. The number of esters is 1. The van der Waals surface area contributed by atoms with Crippen LogP contribution in [0.2, 0.25) is 5.02 Å². The first-order valence-corrected chi connectivity index (χ1v) is 14.1. The molecule has 0 N–H and O–H groups in total. The molecule has 4 rings (SSSR count). The van der Waals surface area contributed by atoms with Gasteiger partial charge in [0.1, 0.15) is 18.2 Å². The van der Waals surface area contributed by atoms with Gasteiger partial charge in [0.25, 0.3) is 5.91 Å². The molecule has 0 aliphatic carbocycles. The van der Waals surface area contributed by atoms with Gasteiger partial charge in [0.05, 0.1) is 12.6 Å². The minimum Gasteiger partial charge on any atom is -0.464 e. The van der Waals surface area contributed by atoms with E-state index < -0.39 is 30.3 Å². The van der Waals surface area contributed by atoms with Gasteiger partial charge in [-0.05, 0) is 76.9 Å². The van der Waals surface area contributed by atoms with Gasteiger partial charge in [-0.15, -0.1) is 0 Å². The van der Waals surface area contributed by atoms with Crippen LogP contribution in [0.1, 0.15) is 55.5 Å². The summed E-state index contributed by atoms with van der Waals surface area (Å²) in [5.74, 6) is -0.601. The normalized spacial score (nSPS) is 20.5. The third-order valence-corrected chi connectivity index (χ3v) is 7.53. The molecule has 1 aliphatic heterocycles. The minimum atomic E-state index is -0.748. The summed E-state index contributed by atoms with van der Waals surface area (Å²) in [6, 6.07) is 24.1. The summed E-state index contributed by atoms with van der Waals surface area (Å²) in [4.78, 5) is 29.2. The Bertz CT molecular complexity index is 1190. The second-order valence-corrected chi connectivity index (χ2v) is 10.8. The molecule has 37 heavy (non-hydrogen) atoms. The molecule has 1 fully saturated rings. The summed E-state index contributed by atoms with van der Waals surface area (Å²) >= 11 is 8.47. The molecule has 3 aromatic rings. The van der Waals surface area contributed by atoms with Gasteiger partial charge < -0.3 is 14.4 Å². The van der Waals surface area contributed by atoms with Crippen LogP contribution in [0.5, 0.6) is 0 Å². The van der Waals surface area contributed by atoms with Crippen LogP contribution in [0.25, 0.3) is 0 Å². The predicted molar refractivity (Wildman–Crippen MR) is 153 cm³/mol. The third kappa shape index (κ3) is 6.54. The van der Waals surface area contributed by atoms with Crippen molar-refractivity contribution in [1.82, 2.24) is 4.90 Å². The molecular formula is C30H31ClINO4. The molecule has 7 heteroatoms. The molecule has 1 heterocycles. The Balaban J connectivity index is 1.84. The monoisotopic (exact) mass is 631 g/mol. The molecule has 1 aliphatic rings. The summed E-state index contributed by atoms with van der Waals surface area (Å²) in [5, 5.41) is 0.599. The lowest BCUT2D eigenvalue weighted by atomic mass is 9.88. The van der Waals surface area contributed by atoms with Crippen LogP contribution in [-0.4, -0.2) is 35.5 Å². The van der Waals surface area contributed by atoms with Crippen molar-refractivity contribution in [3.8, 4) is 0 Å². The van der Waals surface area contributed by atoms with Crippen LogP contribution >= 0.6 is 34.2 Å². The first-order chi connectivity index (χ1) is 17.9. The largest absolute Gasteiger partial charge is 0.464 e. The van der Waals surface area contributed by atoms with Gasteiger partial charge in [0, 0.05) is 15.0 Å². The fraction of sp³-hybridized carbons (Fsp3) is 0.333. The van der Waals surface area contributed by atoms with Crippen LogP contribution in [0, 0.1) is 3.57 Å². The van der Waals surface area contributed by atoms with Gasteiger partial charge in [-0.1, -0.05) is 79.5 Å². The first kappa shape index (κ1) is 27.6. The number of nitrogens with zero attached hydrogens (tertiary/aromatic N) is 1. The smallest absolute Gasteiger partial charge is 0.328 e. The summed E-state index contributed by atoms with van der Waals surface area (Å²) in [7, 11) is 0. The van der Waals surface area contributed by atoms with Gasteiger partial charge in [0.15, 0.2) is 0 Å². The summed E-state index contributed by atoms with van der Waals surface area (Å²) < 4.78 is 13.2. The molecule has 0 bridgehead atoms. The van der Waals surface area contributed by atoms with Crippen molar-refractivity contribution in [1.29, 1.82) is 0 Å². The van der Waals surface area contributed by atoms with Crippen LogP contribution in [0.3, 0.4) is 0 Å². The highest BCUT2D eigenvalue weighted by Crippen LogP contribution is 2.44. The van der Waals surface area contributed by atoms with Gasteiger partial charge in [-0.2, -0.15) is 0 Å². The molecule has 0 unspecified atom stereocenters. The molecule has 1 amide bonds. The average Bonchev–Trinajstić information content (AvgIpc) is 2.91. The number of rotatable bonds is 9. The Labute approximate surface area is 237 Å². The molecular weight excluding hydrogens is 601 g/mol. The topological polar surface area (TPSA) is 55.8 Å². The van der Waals surface area contributed by atoms with E-state index in [9.17, 15) is 9.59 Å².